The summed E-state index contributed by atoms with van der Waals surface area (Å²) in [5.41, 5.74) is 0.558. The van der Waals surface area contributed by atoms with Gasteiger partial charge in [-0.05, 0) is 31.7 Å². The third-order valence-corrected chi connectivity index (χ3v) is 3.21. The van der Waals surface area contributed by atoms with Crippen molar-refractivity contribution >= 4 is 0 Å². The van der Waals surface area contributed by atoms with Crippen molar-refractivity contribution in [3.8, 4) is 12.3 Å². The van der Waals surface area contributed by atoms with E-state index in [0.717, 1.165) is 12.5 Å². The summed E-state index contributed by atoms with van der Waals surface area (Å²) in [6.07, 6.45) is 6.61. The van der Waals surface area contributed by atoms with Crippen LogP contribution in [0.3, 0.4) is 0 Å². The van der Waals surface area contributed by atoms with Crippen LogP contribution >= 0.6 is 0 Å². The molecule has 68 valence electrons. The van der Waals surface area contributed by atoms with E-state index in [4.69, 9.17) is 6.42 Å². The van der Waals surface area contributed by atoms with Crippen LogP contribution < -0.4 is 0 Å². The molecule has 1 heteroatoms. The average Bonchev–Trinajstić information content (AvgIpc) is 2.59. The van der Waals surface area contributed by atoms with Crippen LogP contribution in [0.4, 0.5) is 0 Å². The predicted molar refractivity (Wildman–Crippen MR) is 52.8 cm³/mol. The van der Waals surface area contributed by atoms with Crippen LogP contribution in [0.15, 0.2) is 0 Å². The highest BCUT2D eigenvalue weighted by Gasteiger charge is 2.49. The van der Waals surface area contributed by atoms with Crippen molar-refractivity contribution in [3.63, 3.8) is 0 Å². The molecule has 0 aliphatic heterocycles. The molecule has 0 aromatic carbocycles. The summed E-state index contributed by atoms with van der Waals surface area (Å²) >= 11 is 0. The lowest BCUT2D eigenvalue weighted by molar-refractivity contribution is 0.242. The lowest BCUT2D eigenvalue weighted by Gasteiger charge is -2.23. The molecule has 12 heavy (non-hydrogen) atoms. The molecule has 2 atom stereocenters. The maximum absolute atomic E-state index is 5.26. The minimum atomic E-state index is 0.558. The van der Waals surface area contributed by atoms with Gasteiger partial charge in [0.25, 0.3) is 0 Å². The van der Waals surface area contributed by atoms with E-state index in [1.54, 1.807) is 0 Å². The first-order valence-corrected chi connectivity index (χ1v) is 4.63. The van der Waals surface area contributed by atoms with Crippen molar-refractivity contribution < 1.29 is 0 Å². The number of hydrogen-bond acceptors (Lipinski definition) is 1. The largest absolute Gasteiger partial charge is 0.292 e. The van der Waals surface area contributed by atoms with Gasteiger partial charge < -0.3 is 0 Å². The molecule has 1 saturated carbocycles. The maximum Gasteiger partial charge on any atom is 0.0598 e. The van der Waals surface area contributed by atoms with Crippen molar-refractivity contribution in [2.75, 3.05) is 13.6 Å². The summed E-state index contributed by atoms with van der Waals surface area (Å²) in [6.45, 7) is 7.71. The number of terminal acetylenes is 1. The highest BCUT2D eigenvalue weighted by molar-refractivity contribution is 5.02. The van der Waals surface area contributed by atoms with E-state index in [-0.39, 0.29) is 0 Å². The molecule has 1 aliphatic carbocycles. The molecule has 1 aliphatic rings. The molecule has 1 fully saturated rings. The minimum Gasteiger partial charge on any atom is -0.292 e. The molecule has 0 aromatic rings. The molecule has 0 bridgehead atoms. The van der Waals surface area contributed by atoms with Crippen LogP contribution in [-0.2, 0) is 0 Å². The van der Waals surface area contributed by atoms with Gasteiger partial charge in [-0.1, -0.05) is 19.8 Å². The van der Waals surface area contributed by atoms with Crippen LogP contribution in [0, 0.1) is 23.7 Å². The second-order valence-corrected chi connectivity index (χ2v) is 4.66. The highest BCUT2D eigenvalue weighted by Crippen LogP contribution is 2.54. The van der Waals surface area contributed by atoms with Crippen LogP contribution in [-0.4, -0.2) is 24.5 Å². The minimum absolute atomic E-state index is 0.558. The van der Waals surface area contributed by atoms with Crippen molar-refractivity contribution in [2.24, 2.45) is 11.3 Å². The summed E-state index contributed by atoms with van der Waals surface area (Å²) in [6, 6.07) is 0.635. The fourth-order valence-corrected chi connectivity index (χ4v) is 1.93. The molecular weight excluding hydrogens is 146 g/mol. The highest BCUT2D eigenvalue weighted by atomic mass is 15.1. The van der Waals surface area contributed by atoms with Crippen LogP contribution in [0.2, 0.25) is 0 Å². The Morgan fingerprint density at radius 2 is 2.17 bits per heavy atom. The molecule has 1 rings (SSSR count). The Bertz CT molecular complexity index is 200. The van der Waals surface area contributed by atoms with Gasteiger partial charge in [0.1, 0.15) is 0 Å². The first-order chi connectivity index (χ1) is 5.49. The van der Waals surface area contributed by atoms with Gasteiger partial charge in [0, 0.05) is 6.04 Å². The second kappa shape index (κ2) is 3.11. The number of hydrogen-bond donors (Lipinski definition) is 0. The van der Waals surface area contributed by atoms with Crippen LogP contribution in [0.25, 0.3) is 0 Å². The first-order valence-electron chi connectivity index (χ1n) is 4.63. The van der Waals surface area contributed by atoms with E-state index in [2.05, 4.69) is 38.6 Å². The molecule has 0 saturated heterocycles. The Balaban J connectivity index is 2.40. The van der Waals surface area contributed by atoms with Gasteiger partial charge in [-0.15, -0.1) is 6.42 Å². The summed E-state index contributed by atoms with van der Waals surface area (Å²) in [5, 5.41) is 0. The summed E-state index contributed by atoms with van der Waals surface area (Å²) in [5.74, 6) is 3.53. The van der Waals surface area contributed by atoms with E-state index >= 15 is 0 Å². The fourth-order valence-electron chi connectivity index (χ4n) is 1.93. The fraction of sp³-hybridized carbons (Fsp3) is 0.818. The Hall–Kier alpha value is -0.480. The standard InChI is InChI=1S/C11H19N/c1-6-7-12(5)9(2)10-8-11(10,3)4/h1,9-10H,7-8H2,2-5H3. The SMILES string of the molecule is C#CCN(C)C(C)C1CC1(C)C. The van der Waals surface area contributed by atoms with Crippen molar-refractivity contribution in [3.05, 3.63) is 0 Å². The van der Waals surface area contributed by atoms with Gasteiger partial charge >= 0.3 is 0 Å². The Kier molecular flexibility index (Phi) is 2.49. The van der Waals surface area contributed by atoms with Crippen molar-refractivity contribution in [2.45, 2.75) is 33.2 Å². The van der Waals surface area contributed by atoms with Crippen molar-refractivity contribution in [1.82, 2.24) is 4.90 Å². The molecule has 0 spiro atoms. The molecule has 2 unspecified atom stereocenters. The Morgan fingerprint density at radius 3 is 2.50 bits per heavy atom. The molecule has 1 nitrogen and oxygen atoms in total. The second-order valence-electron chi connectivity index (χ2n) is 4.66. The zero-order valence-corrected chi connectivity index (χ0v) is 8.59. The quantitative estimate of drug-likeness (QED) is 0.578. The number of nitrogens with zero attached hydrogens (tertiary/aromatic N) is 1. The molecule has 0 N–H and O–H groups in total. The van der Waals surface area contributed by atoms with Gasteiger partial charge in [-0.3, -0.25) is 4.90 Å². The van der Waals surface area contributed by atoms with Gasteiger partial charge in [0.05, 0.1) is 6.54 Å². The third-order valence-electron chi connectivity index (χ3n) is 3.21. The monoisotopic (exact) mass is 165 g/mol. The first kappa shape index (κ1) is 9.61. The smallest absolute Gasteiger partial charge is 0.0598 e. The molecule has 0 radical (unpaired) electrons. The van der Waals surface area contributed by atoms with Crippen LogP contribution in [0.1, 0.15) is 27.2 Å². The predicted octanol–water partition coefficient (Wildman–Crippen LogP) is 1.99. The Labute approximate surface area is 76.1 Å². The third kappa shape index (κ3) is 1.81. The normalized spacial score (nSPS) is 28.2. The summed E-state index contributed by atoms with van der Waals surface area (Å²) < 4.78 is 0. The van der Waals surface area contributed by atoms with E-state index in [1.165, 1.54) is 6.42 Å². The van der Waals surface area contributed by atoms with Gasteiger partial charge in [-0.25, -0.2) is 0 Å². The zero-order chi connectivity index (χ0) is 9.35. The molecular formula is C11H19N. The van der Waals surface area contributed by atoms with Crippen molar-refractivity contribution in [1.29, 1.82) is 0 Å². The van der Waals surface area contributed by atoms with E-state index in [9.17, 15) is 0 Å². The van der Waals surface area contributed by atoms with Gasteiger partial charge in [0.15, 0.2) is 0 Å². The summed E-state index contributed by atoms with van der Waals surface area (Å²) in [4.78, 5) is 2.26. The van der Waals surface area contributed by atoms with Gasteiger partial charge in [-0.2, -0.15) is 0 Å². The number of rotatable bonds is 3. The zero-order valence-electron chi connectivity index (χ0n) is 8.59. The van der Waals surface area contributed by atoms with E-state index < -0.39 is 0 Å². The van der Waals surface area contributed by atoms with E-state index in [1.807, 2.05) is 0 Å². The maximum atomic E-state index is 5.26. The van der Waals surface area contributed by atoms with E-state index in [0.29, 0.717) is 11.5 Å². The lowest BCUT2D eigenvalue weighted by Crippen LogP contribution is -2.32. The topological polar surface area (TPSA) is 3.24 Å². The molecule has 0 aromatic heterocycles. The lowest BCUT2D eigenvalue weighted by atomic mass is 10.0. The summed E-state index contributed by atoms with van der Waals surface area (Å²) in [7, 11) is 2.11. The molecule has 0 heterocycles. The Morgan fingerprint density at radius 1 is 1.67 bits per heavy atom. The average molecular weight is 165 g/mol. The van der Waals surface area contributed by atoms with Gasteiger partial charge in [0.2, 0.25) is 0 Å². The van der Waals surface area contributed by atoms with Crippen LogP contribution in [0.5, 0.6) is 0 Å². The molecule has 0 amide bonds.